The van der Waals surface area contributed by atoms with Crippen LogP contribution in [-0.4, -0.2) is 54.4 Å². The van der Waals surface area contributed by atoms with Gasteiger partial charge in [0.1, 0.15) is 11.9 Å². The Hall–Kier alpha value is -2.04. The standard InChI is InChI=1S/C20H28N2O3/c1-14-4-5-18(12-15(14)2)25-17-7-10-22(11-8-17)20(24)16-6-9-21(3)19(23)13-16/h4-5,12,16-17H,6-11,13H2,1-3H3. The zero-order valence-electron chi connectivity index (χ0n) is 15.5. The molecule has 0 spiro atoms. The van der Waals surface area contributed by atoms with Crippen molar-refractivity contribution in [2.75, 3.05) is 26.7 Å². The lowest BCUT2D eigenvalue weighted by molar-refractivity contribution is -0.145. The molecular weight excluding hydrogens is 316 g/mol. The summed E-state index contributed by atoms with van der Waals surface area (Å²) in [5.41, 5.74) is 2.50. The zero-order chi connectivity index (χ0) is 18.0. The van der Waals surface area contributed by atoms with E-state index in [1.807, 2.05) is 11.0 Å². The number of benzene rings is 1. The molecule has 2 aliphatic heterocycles. The van der Waals surface area contributed by atoms with E-state index in [2.05, 4.69) is 26.0 Å². The maximum absolute atomic E-state index is 12.7. The summed E-state index contributed by atoms with van der Waals surface area (Å²) in [4.78, 5) is 28.1. The number of amides is 2. The molecule has 0 aliphatic carbocycles. The number of ether oxygens (including phenoxy) is 1. The van der Waals surface area contributed by atoms with Crippen LogP contribution in [0.5, 0.6) is 5.75 Å². The molecule has 5 nitrogen and oxygen atoms in total. The van der Waals surface area contributed by atoms with E-state index in [0.717, 1.165) is 38.1 Å². The Kier molecular flexibility index (Phi) is 5.30. The maximum Gasteiger partial charge on any atom is 0.226 e. The number of hydrogen-bond acceptors (Lipinski definition) is 3. The number of carbonyl (C=O) groups excluding carboxylic acids is 2. The van der Waals surface area contributed by atoms with Crippen molar-refractivity contribution in [2.45, 2.75) is 45.6 Å². The van der Waals surface area contributed by atoms with Crippen LogP contribution < -0.4 is 4.74 Å². The highest BCUT2D eigenvalue weighted by Crippen LogP contribution is 2.25. The Morgan fingerprint density at radius 1 is 1.08 bits per heavy atom. The van der Waals surface area contributed by atoms with Gasteiger partial charge in [0.25, 0.3) is 0 Å². The van der Waals surface area contributed by atoms with Gasteiger partial charge in [-0.2, -0.15) is 0 Å². The minimum absolute atomic E-state index is 0.0811. The average molecular weight is 344 g/mol. The molecule has 0 aromatic heterocycles. The molecule has 5 heteroatoms. The fourth-order valence-electron chi connectivity index (χ4n) is 3.59. The highest BCUT2D eigenvalue weighted by molar-refractivity contribution is 5.86. The van der Waals surface area contributed by atoms with Gasteiger partial charge in [-0.15, -0.1) is 0 Å². The van der Waals surface area contributed by atoms with Gasteiger partial charge in [0, 0.05) is 51.9 Å². The summed E-state index contributed by atoms with van der Waals surface area (Å²) in [6.07, 6.45) is 2.98. The Morgan fingerprint density at radius 3 is 2.44 bits per heavy atom. The summed E-state index contributed by atoms with van der Waals surface area (Å²) in [5, 5.41) is 0. The smallest absolute Gasteiger partial charge is 0.226 e. The molecule has 2 fully saturated rings. The van der Waals surface area contributed by atoms with E-state index >= 15 is 0 Å². The summed E-state index contributed by atoms with van der Waals surface area (Å²) >= 11 is 0. The lowest BCUT2D eigenvalue weighted by atomic mass is 9.94. The largest absolute Gasteiger partial charge is 0.490 e. The highest BCUT2D eigenvalue weighted by Gasteiger charge is 2.33. The van der Waals surface area contributed by atoms with Crippen molar-refractivity contribution in [2.24, 2.45) is 5.92 Å². The molecule has 1 aromatic rings. The van der Waals surface area contributed by atoms with E-state index in [9.17, 15) is 9.59 Å². The first-order chi connectivity index (χ1) is 11.9. The first-order valence-electron chi connectivity index (χ1n) is 9.20. The van der Waals surface area contributed by atoms with Crippen LogP contribution in [0.2, 0.25) is 0 Å². The van der Waals surface area contributed by atoms with E-state index < -0.39 is 0 Å². The van der Waals surface area contributed by atoms with E-state index in [4.69, 9.17) is 4.74 Å². The van der Waals surface area contributed by atoms with Gasteiger partial charge in [-0.05, 0) is 43.5 Å². The zero-order valence-corrected chi connectivity index (χ0v) is 15.5. The van der Waals surface area contributed by atoms with Crippen molar-refractivity contribution < 1.29 is 14.3 Å². The first-order valence-corrected chi connectivity index (χ1v) is 9.20. The monoisotopic (exact) mass is 344 g/mol. The van der Waals surface area contributed by atoms with Gasteiger partial charge in [0.05, 0.1) is 0 Å². The molecule has 0 N–H and O–H groups in total. The highest BCUT2D eigenvalue weighted by atomic mass is 16.5. The number of rotatable bonds is 3. The fourth-order valence-corrected chi connectivity index (χ4v) is 3.59. The van der Waals surface area contributed by atoms with Crippen molar-refractivity contribution in [3.63, 3.8) is 0 Å². The average Bonchev–Trinajstić information content (AvgIpc) is 2.61. The number of carbonyl (C=O) groups is 2. The van der Waals surface area contributed by atoms with Crippen LogP contribution in [0.25, 0.3) is 0 Å². The molecule has 0 radical (unpaired) electrons. The van der Waals surface area contributed by atoms with Crippen LogP contribution in [-0.2, 0) is 9.59 Å². The van der Waals surface area contributed by atoms with Gasteiger partial charge in [-0.3, -0.25) is 9.59 Å². The summed E-state index contributed by atoms with van der Waals surface area (Å²) in [6, 6.07) is 6.18. The fraction of sp³-hybridized carbons (Fsp3) is 0.600. The second-order valence-corrected chi connectivity index (χ2v) is 7.39. The normalized spacial score (nSPS) is 22.2. The predicted octanol–water partition coefficient (Wildman–Crippen LogP) is 2.54. The predicted molar refractivity (Wildman–Crippen MR) is 96.5 cm³/mol. The number of hydrogen-bond donors (Lipinski definition) is 0. The molecule has 2 saturated heterocycles. The van der Waals surface area contributed by atoms with Crippen LogP contribution in [0.3, 0.4) is 0 Å². The first kappa shape index (κ1) is 17.8. The number of aryl methyl sites for hydroxylation is 2. The van der Waals surface area contributed by atoms with Crippen molar-refractivity contribution in [3.8, 4) is 5.75 Å². The molecule has 3 rings (SSSR count). The Morgan fingerprint density at radius 2 is 1.80 bits per heavy atom. The third-order valence-corrected chi connectivity index (χ3v) is 5.54. The van der Waals surface area contributed by atoms with Crippen LogP contribution in [0.4, 0.5) is 0 Å². The Labute approximate surface area is 149 Å². The number of nitrogens with zero attached hydrogens (tertiary/aromatic N) is 2. The molecule has 25 heavy (non-hydrogen) atoms. The Balaban J connectivity index is 1.50. The van der Waals surface area contributed by atoms with Crippen molar-refractivity contribution >= 4 is 11.8 Å². The van der Waals surface area contributed by atoms with Gasteiger partial charge >= 0.3 is 0 Å². The summed E-state index contributed by atoms with van der Waals surface area (Å²) in [5.74, 6) is 0.998. The van der Waals surface area contributed by atoms with Crippen molar-refractivity contribution in [1.29, 1.82) is 0 Å². The maximum atomic E-state index is 12.7. The van der Waals surface area contributed by atoms with Gasteiger partial charge in [-0.1, -0.05) is 6.07 Å². The molecule has 1 atom stereocenters. The second kappa shape index (κ2) is 7.46. The van der Waals surface area contributed by atoms with Crippen molar-refractivity contribution in [1.82, 2.24) is 9.80 Å². The Bertz CT molecular complexity index is 650. The molecule has 0 bridgehead atoms. The van der Waals surface area contributed by atoms with Crippen LogP contribution in [0, 0.1) is 19.8 Å². The molecule has 2 heterocycles. The van der Waals surface area contributed by atoms with Crippen LogP contribution in [0.15, 0.2) is 18.2 Å². The van der Waals surface area contributed by atoms with Crippen LogP contribution >= 0.6 is 0 Å². The summed E-state index contributed by atoms with van der Waals surface area (Å²) in [7, 11) is 1.80. The topological polar surface area (TPSA) is 49.9 Å². The molecule has 1 unspecified atom stereocenters. The number of piperidine rings is 2. The SMILES string of the molecule is Cc1ccc(OC2CCN(C(=O)C3CCN(C)C(=O)C3)CC2)cc1C. The minimum atomic E-state index is -0.138. The molecular formula is C20H28N2O3. The summed E-state index contributed by atoms with van der Waals surface area (Å²) in [6.45, 7) is 6.30. The van der Waals surface area contributed by atoms with Gasteiger partial charge < -0.3 is 14.5 Å². The van der Waals surface area contributed by atoms with E-state index in [-0.39, 0.29) is 23.8 Å². The van der Waals surface area contributed by atoms with E-state index in [1.54, 1.807) is 11.9 Å². The third-order valence-electron chi connectivity index (χ3n) is 5.54. The molecule has 2 aliphatic rings. The molecule has 1 aromatic carbocycles. The lowest BCUT2D eigenvalue weighted by Crippen LogP contribution is -2.47. The summed E-state index contributed by atoms with van der Waals surface area (Å²) < 4.78 is 6.10. The van der Waals surface area contributed by atoms with Gasteiger partial charge in [0.2, 0.25) is 11.8 Å². The molecule has 2 amide bonds. The lowest BCUT2D eigenvalue weighted by Gasteiger charge is -2.36. The van der Waals surface area contributed by atoms with Crippen LogP contribution in [0.1, 0.15) is 36.8 Å². The molecule has 136 valence electrons. The van der Waals surface area contributed by atoms with E-state index in [1.165, 1.54) is 11.1 Å². The van der Waals surface area contributed by atoms with Crippen molar-refractivity contribution in [3.05, 3.63) is 29.3 Å². The third kappa shape index (κ3) is 4.14. The van der Waals surface area contributed by atoms with Gasteiger partial charge in [0.15, 0.2) is 0 Å². The van der Waals surface area contributed by atoms with Gasteiger partial charge in [-0.25, -0.2) is 0 Å². The van der Waals surface area contributed by atoms with E-state index in [0.29, 0.717) is 13.0 Å². The molecule has 0 saturated carbocycles. The number of likely N-dealkylation sites (tertiary alicyclic amines) is 2. The second-order valence-electron chi connectivity index (χ2n) is 7.39. The minimum Gasteiger partial charge on any atom is -0.490 e. The quantitative estimate of drug-likeness (QED) is 0.847.